The van der Waals surface area contributed by atoms with Crippen LogP contribution in [0.2, 0.25) is 0 Å². The fourth-order valence-corrected chi connectivity index (χ4v) is 5.86. The molecule has 0 radical (unpaired) electrons. The summed E-state index contributed by atoms with van der Waals surface area (Å²) in [7, 11) is 0. The second-order valence-corrected chi connectivity index (χ2v) is 9.65. The number of para-hydroxylation sites is 2. The van der Waals surface area contributed by atoms with Gasteiger partial charge in [-0.15, -0.1) is 0 Å². The van der Waals surface area contributed by atoms with Crippen molar-refractivity contribution in [3.63, 3.8) is 0 Å². The largest absolute Gasteiger partial charge is 0.456 e. The molecule has 0 amide bonds. The van der Waals surface area contributed by atoms with Crippen molar-refractivity contribution in [1.82, 2.24) is 18.5 Å². The molecule has 0 aliphatic carbocycles. The van der Waals surface area contributed by atoms with Crippen molar-refractivity contribution in [1.29, 1.82) is 0 Å². The second kappa shape index (κ2) is 7.41. The van der Waals surface area contributed by atoms with Gasteiger partial charge in [0, 0.05) is 51.4 Å². The maximum atomic E-state index is 6.23. The van der Waals surface area contributed by atoms with Gasteiger partial charge in [-0.05, 0) is 66.1 Å². The topological polar surface area (TPSA) is 48.8 Å². The molecule has 0 saturated heterocycles. The lowest BCUT2D eigenvalue weighted by molar-refractivity contribution is 0.669. The number of fused-ring (bicyclic) bond motifs is 6. The van der Waals surface area contributed by atoms with E-state index >= 15 is 0 Å². The van der Waals surface area contributed by atoms with Crippen molar-refractivity contribution in [3.05, 3.63) is 110 Å². The molecule has 4 aromatic carbocycles. The first-order valence-corrected chi connectivity index (χ1v) is 12.5. The van der Waals surface area contributed by atoms with Gasteiger partial charge in [-0.2, -0.15) is 4.37 Å². The average molecular weight is 483 g/mol. The lowest BCUT2D eigenvalue weighted by Gasteiger charge is -2.08. The summed E-state index contributed by atoms with van der Waals surface area (Å²) in [5, 5.41) is 5.70. The van der Waals surface area contributed by atoms with Crippen molar-refractivity contribution in [2.45, 2.75) is 0 Å². The Morgan fingerprint density at radius 3 is 2.14 bits per heavy atom. The van der Waals surface area contributed by atoms with Gasteiger partial charge in [-0.25, -0.2) is 4.98 Å². The van der Waals surface area contributed by atoms with Gasteiger partial charge >= 0.3 is 0 Å². The van der Waals surface area contributed by atoms with Gasteiger partial charge in [-0.1, -0.05) is 36.4 Å². The highest BCUT2D eigenvalue weighted by Crippen LogP contribution is 2.36. The van der Waals surface area contributed by atoms with Crippen LogP contribution < -0.4 is 0 Å². The molecule has 0 fully saturated rings. The Bertz CT molecular complexity index is 2010. The molecule has 0 unspecified atom stereocenters. The van der Waals surface area contributed by atoms with Crippen LogP contribution >= 0.6 is 11.5 Å². The Morgan fingerprint density at radius 1 is 0.667 bits per heavy atom. The molecule has 0 aliphatic heterocycles. The summed E-state index contributed by atoms with van der Waals surface area (Å²) in [5.74, 6) is 0.883. The summed E-state index contributed by atoms with van der Waals surface area (Å²) in [6.07, 6.45) is 5.61. The van der Waals surface area contributed by atoms with Crippen molar-refractivity contribution in [3.8, 4) is 22.1 Å². The molecule has 6 heteroatoms. The highest BCUT2D eigenvalue weighted by atomic mass is 32.1. The Hall–Kier alpha value is -4.68. The number of aromatic nitrogens is 4. The first-order valence-electron chi connectivity index (χ1n) is 11.7. The highest BCUT2D eigenvalue weighted by Gasteiger charge is 2.16. The zero-order valence-corrected chi connectivity index (χ0v) is 19.8. The average Bonchev–Trinajstić information content (AvgIpc) is 3.72. The maximum Gasteiger partial charge on any atom is 0.145 e. The standard InChI is InChI=1S/C30H18N4OS/c1-3-7-25-21(5-1)22-6-2-4-8-26(22)34(25)20-10-12-28-24(18-20)23-17-19(9-11-27(23)35-28)30-31-15-16-33(30)29-13-14-32-36-29/h1-18H. The van der Waals surface area contributed by atoms with Crippen LogP contribution in [0.25, 0.3) is 65.8 Å². The molecule has 4 aromatic heterocycles. The minimum Gasteiger partial charge on any atom is -0.456 e. The third-order valence-corrected chi connectivity index (χ3v) is 7.60. The van der Waals surface area contributed by atoms with Gasteiger partial charge < -0.3 is 8.98 Å². The second-order valence-electron chi connectivity index (χ2n) is 8.83. The van der Waals surface area contributed by atoms with Crippen LogP contribution in [0.5, 0.6) is 0 Å². The molecule has 36 heavy (non-hydrogen) atoms. The van der Waals surface area contributed by atoms with E-state index in [0.717, 1.165) is 44.0 Å². The van der Waals surface area contributed by atoms with Crippen LogP contribution in [0.15, 0.2) is 114 Å². The predicted molar refractivity (Wildman–Crippen MR) is 146 cm³/mol. The molecule has 170 valence electrons. The number of benzene rings is 4. The van der Waals surface area contributed by atoms with E-state index in [2.05, 4.69) is 97.4 Å². The minimum atomic E-state index is 0.865. The van der Waals surface area contributed by atoms with Crippen molar-refractivity contribution < 1.29 is 4.42 Å². The normalized spacial score (nSPS) is 11.9. The van der Waals surface area contributed by atoms with E-state index in [1.807, 2.05) is 30.7 Å². The predicted octanol–water partition coefficient (Wildman–Crippen LogP) is 7.99. The van der Waals surface area contributed by atoms with Crippen molar-refractivity contribution >= 4 is 55.3 Å². The van der Waals surface area contributed by atoms with Gasteiger partial charge in [-0.3, -0.25) is 4.57 Å². The Balaban J connectivity index is 1.36. The lowest BCUT2D eigenvalue weighted by atomic mass is 10.1. The zero-order chi connectivity index (χ0) is 23.6. The number of nitrogens with zero attached hydrogens (tertiary/aromatic N) is 4. The molecule has 5 nitrogen and oxygen atoms in total. The van der Waals surface area contributed by atoms with Crippen LogP contribution in [0, 0.1) is 0 Å². The smallest absolute Gasteiger partial charge is 0.145 e. The summed E-state index contributed by atoms with van der Waals surface area (Å²) in [4.78, 5) is 4.65. The van der Waals surface area contributed by atoms with Gasteiger partial charge in [0.2, 0.25) is 0 Å². The molecule has 0 aliphatic rings. The maximum absolute atomic E-state index is 6.23. The third-order valence-electron chi connectivity index (χ3n) is 6.85. The lowest BCUT2D eigenvalue weighted by Crippen LogP contribution is -1.93. The monoisotopic (exact) mass is 482 g/mol. The quantitative estimate of drug-likeness (QED) is 0.256. The highest BCUT2D eigenvalue weighted by molar-refractivity contribution is 7.08. The van der Waals surface area contributed by atoms with E-state index in [4.69, 9.17) is 4.42 Å². The molecule has 0 atom stereocenters. The van der Waals surface area contributed by atoms with Crippen LogP contribution in [-0.4, -0.2) is 18.5 Å². The van der Waals surface area contributed by atoms with Gasteiger partial charge in [0.1, 0.15) is 22.0 Å². The molecule has 0 saturated carbocycles. The van der Waals surface area contributed by atoms with E-state index in [-0.39, 0.29) is 0 Å². The van der Waals surface area contributed by atoms with E-state index in [1.165, 1.54) is 33.3 Å². The van der Waals surface area contributed by atoms with Gasteiger partial charge in [0.15, 0.2) is 0 Å². The minimum absolute atomic E-state index is 0.865. The van der Waals surface area contributed by atoms with E-state index in [1.54, 1.807) is 0 Å². The Morgan fingerprint density at radius 2 is 1.39 bits per heavy atom. The van der Waals surface area contributed by atoms with Crippen LogP contribution in [0.3, 0.4) is 0 Å². The Kier molecular flexibility index (Phi) is 4.03. The summed E-state index contributed by atoms with van der Waals surface area (Å²) in [6, 6.07) is 31.9. The SMILES string of the molecule is c1ccc2c(c1)c1ccccc1n2-c1ccc2oc3ccc(-c4nccn4-c4ccns4)cc3c2c1. The fraction of sp³-hybridized carbons (Fsp3) is 0. The van der Waals surface area contributed by atoms with E-state index in [9.17, 15) is 0 Å². The summed E-state index contributed by atoms with van der Waals surface area (Å²) in [5.41, 5.74) is 6.27. The van der Waals surface area contributed by atoms with E-state index in [0.29, 0.717) is 0 Å². The summed E-state index contributed by atoms with van der Waals surface area (Å²) >= 11 is 1.45. The summed E-state index contributed by atoms with van der Waals surface area (Å²) < 4.78 is 14.9. The van der Waals surface area contributed by atoms with Crippen molar-refractivity contribution in [2.75, 3.05) is 0 Å². The van der Waals surface area contributed by atoms with Crippen molar-refractivity contribution in [2.24, 2.45) is 0 Å². The molecule has 8 aromatic rings. The number of imidazole rings is 1. The van der Waals surface area contributed by atoms with Crippen LogP contribution in [-0.2, 0) is 0 Å². The number of rotatable bonds is 3. The zero-order valence-electron chi connectivity index (χ0n) is 19.0. The van der Waals surface area contributed by atoms with E-state index < -0.39 is 0 Å². The molecule has 0 N–H and O–H groups in total. The third kappa shape index (κ3) is 2.76. The van der Waals surface area contributed by atoms with Crippen LogP contribution in [0.4, 0.5) is 0 Å². The summed E-state index contributed by atoms with van der Waals surface area (Å²) in [6.45, 7) is 0. The van der Waals surface area contributed by atoms with Gasteiger partial charge in [0.25, 0.3) is 0 Å². The molecular weight excluding hydrogens is 464 g/mol. The molecule has 8 rings (SSSR count). The molecule has 4 heterocycles. The molecular formula is C30H18N4OS. The fourth-order valence-electron chi connectivity index (χ4n) is 5.27. The number of furan rings is 1. The Labute approximate surface area is 209 Å². The molecule has 0 spiro atoms. The van der Waals surface area contributed by atoms with Crippen LogP contribution in [0.1, 0.15) is 0 Å². The first-order chi connectivity index (χ1) is 17.8. The van der Waals surface area contributed by atoms with Gasteiger partial charge in [0.05, 0.1) is 11.0 Å². The number of hydrogen-bond donors (Lipinski definition) is 0. The molecule has 0 bridgehead atoms. The first kappa shape index (κ1) is 19.6. The number of hydrogen-bond acceptors (Lipinski definition) is 4.